The summed E-state index contributed by atoms with van der Waals surface area (Å²) in [6.07, 6.45) is 0. The van der Waals surface area contributed by atoms with Gasteiger partial charge in [0, 0.05) is 11.1 Å². The van der Waals surface area contributed by atoms with E-state index in [1.165, 1.54) is 64.7 Å². The van der Waals surface area contributed by atoms with E-state index in [1.54, 1.807) is 22.7 Å². The molecule has 6 aromatic rings. The molecule has 4 aromatic carbocycles. The summed E-state index contributed by atoms with van der Waals surface area (Å²) in [5, 5.41) is 4.76. The number of nitrogens with zero attached hydrogens (tertiary/aromatic N) is 2. The fraction of sp³-hybridized carbons (Fsp3) is 0.200. The highest BCUT2D eigenvalue weighted by Crippen LogP contribution is 2.38. The Bertz CT molecular complexity index is 1560. The first kappa shape index (κ1) is 21.5. The second kappa shape index (κ2) is 7.72. The molecule has 0 bridgehead atoms. The zero-order valence-electron chi connectivity index (χ0n) is 20.3. The smallest absolute Gasteiger partial charge is 0.124 e. The van der Waals surface area contributed by atoms with E-state index >= 15 is 0 Å². The Morgan fingerprint density at radius 3 is 1.24 bits per heavy atom. The van der Waals surface area contributed by atoms with Crippen LogP contribution in [0.4, 0.5) is 0 Å². The van der Waals surface area contributed by atoms with Crippen molar-refractivity contribution >= 4 is 53.9 Å². The van der Waals surface area contributed by atoms with Gasteiger partial charge in [-0.15, -0.1) is 22.7 Å². The molecule has 0 aliphatic carbocycles. The highest BCUT2D eigenvalue weighted by atomic mass is 32.1. The minimum atomic E-state index is 1.09. The molecule has 0 amide bonds. The molecular weight excluding hydrogens is 452 g/mol. The standard InChI is InChI=1S/C30H26N2S2/c1-15-9-25-27(11-17(15)3)33-29(31-25)21-7-19(5)24-14-22(8-20(6)23(24)13-21)30-32-26-10-16(2)18(4)12-28(26)34-30/h7-14H,1-6H3. The minimum Gasteiger partial charge on any atom is -0.236 e. The van der Waals surface area contributed by atoms with Crippen molar-refractivity contribution in [3.63, 3.8) is 0 Å². The van der Waals surface area contributed by atoms with Gasteiger partial charge in [-0.1, -0.05) is 0 Å². The van der Waals surface area contributed by atoms with Crippen LogP contribution in [0.5, 0.6) is 0 Å². The molecule has 2 aromatic heterocycles. The van der Waals surface area contributed by atoms with Gasteiger partial charge in [0.2, 0.25) is 0 Å². The fourth-order valence-electron chi connectivity index (χ4n) is 4.68. The quantitative estimate of drug-likeness (QED) is 0.248. The highest BCUT2D eigenvalue weighted by Gasteiger charge is 2.14. The monoisotopic (exact) mass is 478 g/mol. The Labute approximate surface area is 208 Å². The third kappa shape index (κ3) is 3.44. The van der Waals surface area contributed by atoms with Crippen molar-refractivity contribution in [1.82, 2.24) is 9.97 Å². The van der Waals surface area contributed by atoms with Crippen LogP contribution in [0, 0.1) is 41.5 Å². The van der Waals surface area contributed by atoms with Gasteiger partial charge in [0.15, 0.2) is 0 Å². The van der Waals surface area contributed by atoms with Gasteiger partial charge in [0.05, 0.1) is 20.4 Å². The summed E-state index contributed by atoms with van der Waals surface area (Å²) in [5.41, 5.74) is 12.4. The zero-order valence-corrected chi connectivity index (χ0v) is 22.0. The summed E-state index contributed by atoms with van der Waals surface area (Å²) in [5.74, 6) is 0. The van der Waals surface area contributed by atoms with Gasteiger partial charge in [0.1, 0.15) is 10.0 Å². The molecule has 34 heavy (non-hydrogen) atoms. The molecule has 0 atom stereocenters. The first-order valence-corrected chi connectivity index (χ1v) is 13.2. The second-order valence-electron chi connectivity index (χ2n) is 9.53. The Kier molecular flexibility index (Phi) is 4.87. The average molecular weight is 479 g/mol. The van der Waals surface area contributed by atoms with E-state index in [4.69, 9.17) is 9.97 Å². The lowest BCUT2D eigenvalue weighted by atomic mass is 9.96. The average Bonchev–Trinajstić information content (AvgIpc) is 3.38. The highest BCUT2D eigenvalue weighted by molar-refractivity contribution is 7.22. The summed E-state index contributed by atoms with van der Waals surface area (Å²) in [6, 6.07) is 18.1. The topological polar surface area (TPSA) is 25.8 Å². The molecule has 4 heteroatoms. The Hall–Kier alpha value is -3.08. The lowest BCUT2D eigenvalue weighted by molar-refractivity contribution is 1.35. The van der Waals surface area contributed by atoms with Crippen LogP contribution in [0.15, 0.2) is 48.5 Å². The summed E-state index contributed by atoms with van der Waals surface area (Å²) >= 11 is 3.56. The van der Waals surface area contributed by atoms with Crippen LogP contribution in [0.2, 0.25) is 0 Å². The molecule has 2 heterocycles. The van der Waals surface area contributed by atoms with Gasteiger partial charge in [-0.3, -0.25) is 0 Å². The number of benzene rings is 4. The molecule has 0 saturated carbocycles. The largest absolute Gasteiger partial charge is 0.236 e. The van der Waals surface area contributed by atoms with Gasteiger partial charge in [-0.05, 0) is 134 Å². The third-order valence-corrected chi connectivity index (χ3v) is 9.12. The van der Waals surface area contributed by atoms with Crippen molar-refractivity contribution in [1.29, 1.82) is 0 Å². The van der Waals surface area contributed by atoms with Crippen LogP contribution in [0.1, 0.15) is 33.4 Å². The van der Waals surface area contributed by atoms with Crippen molar-refractivity contribution in [3.8, 4) is 21.1 Å². The van der Waals surface area contributed by atoms with Crippen molar-refractivity contribution in [2.24, 2.45) is 0 Å². The van der Waals surface area contributed by atoms with E-state index in [0.29, 0.717) is 0 Å². The predicted molar refractivity (Wildman–Crippen MR) is 150 cm³/mol. The molecule has 0 aliphatic rings. The SMILES string of the molecule is Cc1cc2nc(-c3cc(C)c4cc(-c5nc6cc(C)c(C)cc6s5)cc(C)c4c3)sc2cc1C. The van der Waals surface area contributed by atoms with Crippen LogP contribution in [-0.2, 0) is 0 Å². The lowest BCUT2D eigenvalue weighted by Gasteiger charge is -2.10. The molecule has 0 aliphatic heterocycles. The first-order valence-electron chi connectivity index (χ1n) is 11.6. The van der Waals surface area contributed by atoms with Crippen molar-refractivity contribution < 1.29 is 0 Å². The van der Waals surface area contributed by atoms with Crippen LogP contribution >= 0.6 is 22.7 Å². The van der Waals surface area contributed by atoms with Gasteiger partial charge >= 0.3 is 0 Å². The van der Waals surface area contributed by atoms with Crippen LogP contribution in [0.25, 0.3) is 52.3 Å². The Morgan fingerprint density at radius 1 is 0.441 bits per heavy atom. The van der Waals surface area contributed by atoms with E-state index in [1.807, 2.05) is 0 Å². The minimum absolute atomic E-state index is 1.09. The Morgan fingerprint density at radius 2 is 0.824 bits per heavy atom. The van der Waals surface area contributed by atoms with Crippen LogP contribution in [-0.4, -0.2) is 9.97 Å². The summed E-state index contributed by atoms with van der Waals surface area (Å²) in [4.78, 5) is 9.95. The predicted octanol–water partition coefficient (Wildman–Crippen LogP) is 9.24. The van der Waals surface area contributed by atoms with Crippen molar-refractivity contribution in [2.45, 2.75) is 41.5 Å². The summed E-state index contributed by atoms with van der Waals surface area (Å²) in [7, 11) is 0. The molecule has 6 rings (SSSR count). The zero-order chi connectivity index (χ0) is 23.7. The fourth-order valence-corrected chi connectivity index (χ4v) is 6.74. The molecule has 0 unspecified atom stereocenters. The maximum absolute atomic E-state index is 4.98. The van der Waals surface area contributed by atoms with Gasteiger partial charge in [-0.2, -0.15) is 0 Å². The number of rotatable bonds is 2. The number of aromatic nitrogens is 2. The van der Waals surface area contributed by atoms with Gasteiger partial charge in [-0.25, -0.2) is 9.97 Å². The molecule has 168 valence electrons. The van der Waals surface area contributed by atoms with E-state index in [2.05, 4.69) is 90.1 Å². The van der Waals surface area contributed by atoms with Crippen LogP contribution in [0.3, 0.4) is 0 Å². The molecule has 0 spiro atoms. The molecular formula is C30H26N2S2. The van der Waals surface area contributed by atoms with E-state index in [-0.39, 0.29) is 0 Å². The van der Waals surface area contributed by atoms with E-state index in [9.17, 15) is 0 Å². The van der Waals surface area contributed by atoms with E-state index < -0.39 is 0 Å². The molecule has 0 fully saturated rings. The maximum atomic E-state index is 4.98. The number of fused-ring (bicyclic) bond motifs is 3. The Balaban J connectivity index is 1.48. The lowest BCUT2D eigenvalue weighted by Crippen LogP contribution is -1.88. The number of hydrogen-bond acceptors (Lipinski definition) is 4. The van der Waals surface area contributed by atoms with Crippen LogP contribution < -0.4 is 0 Å². The maximum Gasteiger partial charge on any atom is 0.124 e. The number of hydrogen-bond donors (Lipinski definition) is 0. The number of thiazole rings is 2. The molecule has 0 radical (unpaired) electrons. The normalized spacial score (nSPS) is 11.8. The molecule has 2 nitrogen and oxygen atoms in total. The molecule has 0 saturated heterocycles. The molecule has 0 N–H and O–H groups in total. The van der Waals surface area contributed by atoms with E-state index in [0.717, 1.165) is 21.0 Å². The van der Waals surface area contributed by atoms with Gasteiger partial charge in [0.25, 0.3) is 0 Å². The van der Waals surface area contributed by atoms with Crippen molar-refractivity contribution in [2.75, 3.05) is 0 Å². The second-order valence-corrected chi connectivity index (χ2v) is 11.6. The van der Waals surface area contributed by atoms with Crippen molar-refractivity contribution in [3.05, 3.63) is 81.9 Å². The summed E-state index contributed by atoms with van der Waals surface area (Å²) in [6.45, 7) is 13.1. The number of aryl methyl sites for hydroxylation is 6. The summed E-state index contributed by atoms with van der Waals surface area (Å²) < 4.78 is 2.51. The third-order valence-electron chi connectivity index (χ3n) is 6.99. The first-order chi connectivity index (χ1) is 16.3. The van der Waals surface area contributed by atoms with Gasteiger partial charge < -0.3 is 0 Å².